The molecule has 3 heteroatoms. The lowest BCUT2D eigenvalue weighted by molar-refractivity contribution is 0.337. The first-order valence-corrected chi connectivity index (χ1v) is 8.91. The summed E-state index contributed by atoms with van der Waals surface area (Å²) in [6.07, 6.45) is 13.1. The molecular weight excluding hydrogens is 258 g/mol. The number of aryl methyl sites for hydroxylation is 1. The minimum absolute atomic E-state index is 0.192. The quantitative estimate of drug-likeness (QED) is 0.517. The molecule has 0 unspecified atom stereocenters. The van der Waals surface area contributed by atoms with Crippen LogP contribution >= 0.6 is 0 Å². The van der Waals surface area contributed by atoms with E-state index >= 15 is 0 Å². The van der Waals surface area contributed by atoms with E-state index in [2.05, 4.69) is 42.6 Å². The molecule has 0 aromatic carbocycles. The third kappa shape index (κ3) is 5.44. The van der Waals surface area contributed by atoms with E-state index in [1.165, 1.54) is 70.0 Å². The summed E-state index contributed by atoms with van der Waals surface area (Å²) in [5.41, 5.74) is 0.192. The van der Waals surface area contributed by atoms with Gasteiger partial charge >= 0.3 is 0 Å². The van der Waals surface area contributed by atoms with E-state index in [0.29, 0.717) is 0 Å². The van der Waals surface area contributed by atoms with Crippen LogP contribution in [0.5, 0.6) is 0 Å². The van der Waals surface area contributed by atoms with E-state index in [4.69, 9.17) is 0 Å². The molecule has 0 amide bonds. The minimum atomic E-state index is 0.192. The van der Waals surface area contributed by atoms with Gasteiger partial charge in [0, 0.05) is 12.5 Å². The van der Waals surface area contributed by atoms with E-state index in [1.54, 1.807) is 0 Å². The first kappa shape index (κ1) is 18.2. The van der Waals surface area contributed by atoms with E-state index in [0.717, 1.165) is 5.82 Å². The van der Waals surface area contributed by atoms with Crippen molar-refractivity contribution in [2.75, 3.05) is 0 Å². The predicted octanol–water partition coefficient (Wildman–Crippen LogP) is 5.32. The molecule has 0 aliphatic carbocycles. The molecule has 21 heavy (non-hydrogen) atoms. The summed E-state index contributed by atoms with van der Waals surface area (Å²) in [5.74, 6) is 2.21. The number of unbranched alkanes of at least 4 members (excludes halogenated alkanes) is 6. The summed E-state index contributed by atoms with van der Waals surface area (Å²) in [6.45, 7) is 8.99. The van der Waals surface area contributed by atoms with Crippen LogP contribution in [0.3, 0.4) is 0 Å². The zero-order valence-corrected chi connectivity index (χ0v) is 14.9. The van der Waals surface area contributed by atoms with Crippen LogP contribution in [-0.2, 0) is 12.5 Å². The molecule has 0 aliphatic rings. The van der Waals surface area contributed by atoms with Crippen LogP contribution in [0, 0.1) is 6.92 Å². The average Bonchev–Trinajstić information content (AvgIpc) is 2.81. The van der Waals surface area contributed by atoms with Crippen molar-refractivity contribution < 1.29 is 0 Å². The molecule has 1 heterocycles. The van der Waals surface area contributed by atoms with E-state index < -0.39 is 0 Å². The van der Waals surface area contributed by atoms with Crippen molar-refractivity contribution in [1.82, 2.24) is 14.8 Å². The van der Waals surface area contributed by atoms with Crippen molar-refractivity contribution in [3.8, 4) is 0 Å². The highest BCUT2D eigenvalue weighted by Crippen LogP contribution is 2.34. The van der Waals surface area contributed by atoms with Gasteiger partial charge in [0.2, 0.25) is 0 Å². The first-order chi connectivity index (χ1) is 10.0. The maximum atomic E-state index is 4.50. The standard InChI is InChI=1S/C18H35N3/c1-6-8-10-12-14-18(4,15-13-11-9-7-2)17-20-19-16(3)21(17)5/h6-15H2,1-5H3. The van der Waals surface area contributed by atoms with Gasteiger partial charge in [-0.2, -0.15) is 0 Å². The van der Waals surface area contributed by atoms with Gasteiger partial charge in [-0.05, 0) is 19.8 Å². The molecular formula is C18H35N3. The summed E-state index contributed by atoms with van der Waals surface area (Å²) >= 11 is 0. The SMILES string of the molecule is CCCCCCC(C)(CCCCCC)c1nnc(C)n1C. The number of nitrogens with zero attached hydrogens (tertiary/aromatic N) is 3. The molecule has 0 radical (unpaired) electrons. The van der Waals surface area contributed by atoms with E-state index in [-0.39, 0.29) is 5.41 Å². The lowest BCUT2D eigenvalue weighted by Crippen LogP contribution is -2.26. The Hall–Kier alpha value is -0.860. The molecule has 0 bridgehead atoms. The van der Waals surface area contributed by atoms with Crippen LogP contribution in [0.4, 0.5) is 0 Å². The fourth-order valence-electron chi connectivity index (χ4n) is 3.17. The van der Waals surface area contributed by atoms with Crippen molar-refractivity contribution >= 4 is 0 Å². The molecule has 122 valence electrons. The van der Waals surface area contributed by atoms with Gasteiger partial charge in [-0.15, -0.1) is 10.2 Å². The zero-order valence-electron chi connectivity index (χ0n) is 14.9. The molecule has 0 saturated carbocycles. The van der Waals surface area contributed by atoms with E-state index in [1.807, 2.05) is 6.92 Å². The second-order valence-electron chi connectivity index (χ2n) is 6.81. The second-order valence-corrected chi connectivity index (χ2v) is 6.81. The maximum Gasteiger partial charge on any atom is 0.138 e. The molecule has 1 aromatic rings. The summed E-state index contributed by atoms with van der Waals surface area (Å²) in [6, 6.07) is 0. The highest BCUT2D eigenvalue weighted by Gasteiger charge is 2.30. The monoisotopic (exact) mass is 293 g/mol. The van der Waals surface area contributed by atoms with Gasteiger partial charge in [0.1, 0.15) is 11.6 Å². The van der Waals surface area contributed by atoms with Gasteiger partial charge in [-0.1, -0.05) is 72.1 Å². The Labute approximate surface area is 131 Å². The molecule has 3 nitrogen and oxygen atoms in total. The maximum absolute atomic E-state index is 4.50. The highest BCUT2D eigenvalue weighted by atomic mass is 15.3. The molecule has 0 atom stereocenters. The highest BCUT2D eigenvalue weighted by molar-refractivity contribution is 5.08. The molecule has 1 aromatic heterocycles. The third-order valence-electron chi connectivity index (χ3n) is 4.80. The molecule has 0 spiro atoms. The second kappa shape index (κ2) is 9.22. The number of rotatable bonds is 11. The lowest BCUT2D eigenvalue weighted by atomic mass is 9.78. The van der Waals surface area contributed by atoms with Gasteiger partial charge < -0.3 is 4.57 Å². The largest absolute Gasteiger partial charge is 0.318 e. The van der Waals surface area contributed by atoms with Gasteiger partial charge in [-0.3, -0.25) is 0 Å². The van der Waals surface area contributed by atoms with Crippen LogP contribution in [0.15, 0.2) is 0 Å². The Morgan fingerprint density at radius 3 is 1.76 bits per heavy atom. The zero-order chi connectivity index (χ0) is 15.7. The lowest BCUT2D eigenvalue weighted by Gasteiger charge is -2.29. The molecule has 0 fully saturated rings. The van der Waals surface area contributed by atoms with Gasteiger partial charge in [0.05, 0.1) is 0 Å². The molecule has 0 N–H and O–H groups in total. The Kier molecular flexibility index (Phi) is 7.98. The van der Waals surface area contributed by atoms with Crippen LogP contribution in [0.2, 0.25) is 0 Å². The summed E-state index contributed by atoms with van der Waals surface area (Å²) in [7, 11) is 2.11. The predicted molar refractivity (Wildman–Crippen MR) is 90.6 cm³/mol. The van der Waals surface area contributed by atoms with Crippen LogP contribution in [0.25, 0.3) is 0 Å². The van der Waals surface area contributed by atoms with Gasteiger partial charge in [-0.25, -0.2) is 0 Å². The average molecular weight is 293 g/mol. The van der Waals surface area contributed by atoms with Crippen molar-refractivity contribution in [1.29, 1.82) is 0 Å². The fraction of sp³-hybridized carbons (Fsp3) is 0.889. The summed E-state index contributed by atoms with van der Waals surface area (Å²) < 4.78 is 2.19. The number of hydrogen-bond donors (Lipinski definition) is 0. The Balaban J connectivity index is 2.70. The smallest absolute Gasteiger partial charge is 0.138 e. The van der Waals surface area contributed by atoms with Crippen molar-refractivity contribution in [3.63, 3.8) is 0 Å². The normalized spacial score (nSPS) is 12.0. The van der Waals surface area contributed by atoms with Gasteiger partial charge in [0.25, 0.3) is 0 Å². The Morgan fingerprint density at radius 1 is 0.857 bits per heavy atom. The summed E-state index contributed by atoms with van der Waals surface area (Å²) in [5, 5.41) is 8.78. The van der Waals surface area contributed by atoms with Crippen LogP contribution < -0.4 is 0 Å². The number of hydrogen-bond acceptors (Lipinski definition) is 2. The minimum Gasteiger partial charge on any atom is -0.318 e. The molecule has 0 saturated heterocycles. The van der Waals surface area contributed by atoms with E-state index in [9.17, 15) is 0 Å². The van der Waals surface area contributed by atoms with Crippen molar-refractivity contribution in [2.45, 2.75) is 97.3 Å². The van der Waals surface area contributed by atoms with Crippen LogP contribution in [0.1, 0.15) is 96.6 Å². The van der Waals surface area contributed by atoms with Crippen molar-refractivity contribution in [3.05, 3.63) is 11.6 Å². The third-order valence-corrected chi connectivity index (χ3v) is 4.80. The van der Waals surface area contributed by atoms with Crippen LogP contribution in [-0.4, -0.2) is 14.8 Å². The topological polar surface area (TPSA) is 30.7 Å². The Bertz CT molecular complexity index is 383. The summed E-state index contributed by atoms with van der Waals surface area (Å²) in [4.78, 5) is 0. The molecule has 1 rings (SSSR count). The van der Waals surface area contributed by atoms with Gasteiger partial charge in [0.15, 0.2) is 0 Å². The number of aromatic nitrogens is 3. The molecule has 0 aliphatic heterocycles. The first-order valence-electron chi connectivity index (χ1n) is 8.91. The Morgan fingerprint density at radius 2 is 1.38 bits per heavy atom. The fourth-order valence-corrected chi connectivity index (χ4v) is 3.17. The van der Waals surface area contributed by atoms with Crippen molar-refractivity contribution in [2.24, 2.45) is 7.05 Å².